The number of benzene rings is 2. The van der Waals surface area contributed by atoms with E-state index in [1.165, 1.54) is 30.1 Å². The average molecular weight is 381 g/mol. The van der Waals surface area contributed by atoms with Crippen LogP contribution in [0.3, 0.4) is 0 Å². The Morgan fingerprint density at radius 2 is 2.07 bits per heavy atom. The summed E-state index contributed by atoms with van der Waals surface area (Å²) in [6.45, 7) is 0. The molecule has 1 amide bonds. The van der Waals surface area contributed by atoms with Crippen LogP contribution in [0.4, 0.5) is 5.69 Å². The third-order valence-corrected chi connectivity index (χ3v) is 4.21. The summed E-state index contributed by atoms with van der Waals surface area (Å²) in [5.74, 6) is 0.930. The lowest BCUT2D eigenvalue weighted by molar-refractivity contribution is -0.384. The van der Waals surface area contributed by atoms with Crippen molar-refractivity contribution >= 4 is 34.7 Å². The van der Waals surface area contributed by atoms with Gasteiger partial charge in [-0.15, -0.1) is 5.10 Å². The van der Waals surface area contributed by atoms with Crippen LogP contribution in [-0.4, -0.2) is 28.0 Å². The molecule has 1 aliphatic heterocycles. The van der Waals surface area contributed by atoms with Crippen LogP contribution >= 0.6 is 11.8 Å². The summed E-state index contributed by atoms with van der Waals surface area (Å²) in [6.07, 6.45) is 1.52. The number of amides is 1. The summed E-state index contributed by atoms with van der Waals surface area (Å²) >= 11 is 1.28. The second-order valence-electron chi connectivity index (χ2n) is 5.21. The third kappa shape index (κ3) is 4.68. The maximum atomic E-state index is 11.0. The van der Waals surface area contributed by atoms with Crippen molar-refractivity contribution in [1.29, 1.82) is 5.26 Å². The summed E-state index contributed by atoms with van der Waals surface area (Å²) < 4.78 is 5.62. The Balaban J connectivity index is 1.68. The molecule has 0 aromatic heterocycles. The van der Waals surface area contributed by atoms with Crippen LogP contribution in [-0.2, 0) is 4.79 Å². The number of carbonyl (C=O) groups excluding carboxylic acids is 1. The van der Waals surface area contributed by atoms with Crippen LogP contribution in [0.5, 0.6) is 11.5 Å². The van der Waals surface area contributed by atoms with E-state index in [-0.39, 0.29) is 22.9 Å². The summed E-state index contributed by atoms with van der Waals surface area (Å²) in [4.78, 5) is 21.2. The van der Waals surface area contributed by atoms with E-state index in [9.17, 15) is 14.9 Å². The molecule has 0 aliphatic carbocycles. The minimum Gasteiger partial charge on any atom is -0.456 e. The van der Waals surface area contributed by atoms with Crippen molar-refractivity contribution in [3.05, 3.63) is 63.7 Å². The summed E-state index contributed by atoms with van der Waals surface area (Å²) in [6, 6.07) is 12.5. The lowest BCUT2D eigenvalue weighted by atomic mass is 10.2. The predicted molar refractivity (Wildman–Crippen MR) is 100.0 cm³/mol. The zero-order chi connectivity index (χ0) is 19.2. The second kappa shape index (κ2) is 8.11. The third-order valence-electron chi connectivity index (χ3n) is 3.34. The first-order chi connectivity index (χ1) is 13.0. The molecule has 1 N–H and O–H groups in total. The van der Waals surface area contributed by atoms with Crippen molar-refractivity contribution in [3.63, 3.8) is 0 Å². The molecule has 0 bridgehead atoms. The summed E-state index contributed by atoms with van der Waals surface area (Å²) in [7, 11) is 0. The van der Waals surface area contributed by atoms with Crippen molar-refractivity contribution in [2.75, 3.05) is 5.75 Å². The van der Waals surface area contributed by atoms with E-state index in [0.717, 1.165) is 11.6 Å². The SMILES string of the molecule is N#Cc1cc([N+](=O)[O-])ccc1Oc1ccc(/C=N\N=C2\NC(=O)CS2)cc1. The molecule has 9 nitrogen and oxygen atoms in total. The minimum absolute atomic E-state index is 0.0711. The average Bonchev–Trinajstić information content (AvgIpc) is 3.08. The van der Waals surface area contributed by atoms with Gasteiger partial charge < -0.3 is 10.1 Å². The molecule has 27 heavy (non-hydrogen) atoms. The zero-order valence-corrected chi connectivity index (χ0v) is 14.5. The molecule has 2 aromatic carbocycles. The fourth-order valence-corrected chi connectivity index (χ4v) is 2.71. The van der Waals surface area contributed by atoms with Gasteiger partial charge in [-0.2, -0.15) is 10.4 Å². The van der Waals surface area contributed by atoms with Crippen molar-refractivity contribution in [1.82, 2.24) is 5.32 Å². The largest absolute Gasteiger partial charge is 0.456 e. The number of non-ortho nitro benzene ring substituents is 1. The number of hydrogen-bond donors (Lipinski definition) is 1. The van der Waals surface area contributed by atoms with Gasteiger partial charge in [0.2, 0.25) is 5.91 Å². The van der Waals surface area contributed by atoms with E-state index >= 15 is 0 Å². The highest BCUT2D eigenvalue weighted by Gasteiger charge is 2.16. The second-order valence-corrected chi connectivity index (χ2v) is 6.17. The summed E-state index contributed by atoms with van der Waals surface area (Å²) in [5.41, 5.74) is 0.649. The maximum Gasteiger partial charge on any atom is 0.271 e. The molecule has 1 heterocycles. The van der Waals surface area contributed by atoms with Gasteiger partial charge in [-0.1, -0.05) is 11.8 Å². The smallest absolute Gasteiger partial charge is 0.271 e. The van der Waals surface area contributed by atoms with Crippen LogP contribution < -0.4 is 10.1 Å². The van der Waals surface area contributed by atoms with Gasteiger partial charge in [0.05, 0.1) is 16.9 Å². The molecule has 0 spiro atoms. The molecular weight excluding hydrogens is 370 g/mol. The first kappa shape index (κ1) is 18.1. The molecule has 1 aliphatic rings. The van der Waals surface area contributed by atoms with Gasteiger partial charge >= 0.3 is 0 Å². The molecular formula is C17H11N5O4S. The highest BCUT2D eigenvalue weighted by atomic mass is 32.2. The van der Waals surface area contributed by atoms with E-state index in [1.54, 1.807) is 24.3 Å². The fraction of sp³-hybridized carbons (Fsp3) is 0.0588. The minimum atomic E-state index is -0.572. The number of amidine groups is 1. The monoisotopic (exact) mass is 381 g/mol. The normalized spacial score (nSPS) is 14.9. The number of nitro benzene ring substituents is 1. The number of nitriles is 1. The van der Waals surface area contributed by atoms with Gasteiger partial charge in [0, 0.05) is 12.1 Å². The molecule has 10 heteroatoms. The van der Waals surface area contributed by atoms with Gasteiger partial charge in [-0.05, 0) is 35.9 Å². The van der Waals surface area contributed by atoms with E-state index < -0.39 is 4.92 Å². The molecule has 134 valence electrons. The molecule has 1 fully saturated rings. The predicted octanol–water partition coefficient (Wildman–Crippen LogP) is 2.81. The van der Waals surface area contributed by atoms with Crippen LogP contribution in [0.2, 0.25) is 0 Å². The number of hydrogen-bond acceptors (Lipinski definition) is 8. The van der Waals surface area contributed by atoms with Crippen LogP contribution in [0, 0.1) is 21.4 Å². The quantitative estimate of drug-likeness (QED) is 0.481. The fourth-order valence-electron chi connectivity index (χ4n) is 2.08. The Hall–Kier alpha value is -3.71. The van der Waals surface area contributed by atoms with Gasteiger partial charge in [-0.25, -0.2) is 0 Å². The number of ether oxygens (including phenoxy) is 1. The molecule has 0 saturated carbocycles. The number of nitrogens with one attached hydrogen (secondary N) is 1. The number of thioether (sulfide) groups is 1. The van der Waals surface area contributed by atoms with Crippen molar-refractivity contribution < 1.29 is 14.5 Å². The number of carbonyl (C=O) groups is 1. The van der Waals surface area contributed by atoms with Crippen LogP contribution in [0.15, 0.2) is 52.7 Å². The first-order valence-electron chi connectivity index (χ1n) is 7.55. The van der Waals surface area contributed by atoms with Gasteiger partial charge in [-0.3, -0.25) is 14.9 Å². The van der Waals surface area contributed by atoms with E-state index in [2.05, 4.69) is 15.5 Å². The Morgan fingerprint density at radius 1 is 1.30 bits per heavy atom. The molecule has 1 saturated heterocycles. The molecule has 0 atom stereocenters. The standard InChI is InChI=1S/C17H11N5O4S/c18-8-12-7-13(22(24)25)3-6-15(12)26-14-4-1-11(2-5-14)9-19-21-17-20-16(23)10-27-17/h1-7,9H,10H2,(H,20,21,23)/b19-9-. The van der Waals surface area contributed by atoms with Crippen molar-refractivity contribution in [2.45, 2.75) is 0 Å². The number of nitro groups is 1. The maximum absolute atomic E-state index is 11.0. The Kier molecular flexibility index (Phi) is 5.44. The summed E-state index contributed by atoms with van der Waals surface area (Å²) in [5, 5.41) is 30.7. The van der Waals surface area contributed by atoms with Gasteiger partial charge in [0.1, 0.15) is 23.1 Å². The van der Waals surface area contributed by atoms with Gasteiger partial charge in [0.25, 0.3) is 5.69 Å². The van der Waals surface area contributed by atoms with Crippen LogP contribution in [0.1, 0.15) is 11.1 Å². The Labute approximate surface area is 157 Å². The van der Waals surface area contributed by atoms with Crippen LogP contribution in [0.25, 0.3) is 0 Å². The Bertz CT molecular complexity index is 995. The van der Waals surface area contributed by atoms with Gasteiger partial charge in [0.15, 0.2) is 5.17 Å². The molecule has 2 aromatic rings. The van der Waals surface area contributed by atoms with Crippen molar-refractivity contribution in [2.24, 2.45) is 10.2 Å². The lowest BCUT2D eigenvalue weighted by Gasteiger charge is -2.07. The topological polar surface area (TPSA) is 130 Å². The molecule has 0 radical (unpaired) electrons. The Morgan fingerprint density at radius 3 is 2.70 bits per heavy atom. The lowest BCUT2D eigenvalue weighted by Crippen LogP contribution is -2.19. The number of rotatable bonds is 5. The van der Waals surface area contributed by atoms with E-state index in [0.29, 0.717) is 16.7 Å². The van der Waals surface area contributed by atoms with E-state index in [4.69, 9.17) is 10.00 Å². The number of nitrogens with zero attached hydrogens (tertiary/aromatic N) is 4. The van der Waals surface area contributed by atoms with E-state index in [1.807, 2.05) is 6.07 Å². The highest BCUT2D eigenvalue weighted by molar-refractivity contribution is 8.15. The van der Waals surface area contributed by atoms with Crippen molar-refractivity contribution in [3.8, 4) is 17.6 Å². The first-order valence-corrected chi connectivity index (χ1v) is 8.54. The zero-order valence-electron chi connectivity index (χ0n) is 13.7. The highest BCUT2D eigenvalue weighted by Crippen LogP contribution is 2.28. The molecule has 0 unspecified atom stereocenters. The molecule has 3 rings (SSSR count).